The summed E-state index contributed by atoms with van der Waals surface area (Å²) in [6.45, 7) is 33.2. The van der Waals surface area contributed by atoms with Gasteiger partial charge in [-0.25, -0.2) is 0 Å². The third-order valence-electron chi connectivity index (χ3n) is 11.2. The van der Waals surface area contributed by atoms with Crippen molar-refractivity contribution in [2.75, 3.05) is 13.7 Å². The smallest absolute Gasteiger partial charge is 0.311 e. The highest BCUT2D eigenvalue weighted by atomic mass is 28.4. The van der Waals surface area contributed by atoms with Crippen molar-refractivity contribution in [1.82, 2.24) is 0 Å². The highest BCUT2D eigenvalue weighted by Crippen LogP contribution is 2.74. The molecule has 250 valence electrons. The summed E-state index contributed by atoms with van der Waals surface area (Å²) >= 11 is 0. The van der Waals surface area contributed by atoms with E-state index in [4.69, 9.17) is 22.4 Å². The first-order valence-electron chi connectivity index (χ1n) is 17.1. The Morgan fingerprint density at radius 1 is 0.791 bits per heavy atom. The fourth-order valence-electron chi connectivity index (χ4n) is 10.4. The predicted octanol–water partition coefficient (Wildman–Crippen LogP) is 8.67. The van der Waals surface area contributed by atoms with Crippen LogP contribution in [0.5, 0.6) is 0 Å². The molecule has 1 spiro atoms. The molecule has 0 saturated heterocycles. The molecule has 4 saturated carbocycles. The minimum Gasteiger partial charge on any atom is -0.469 e. The van der Waals surface area contributed by atoms with Crippen LogP contribution in [0.15, 0.2) is 0 Å². The van der Waals surface area contributed by atoms with Crippen LogP contribution in [0.25, 0.3) is 0 Å². The monoisotopic (exact) mass is 670 g/mol. The van der Waals surface area contributed by atoms with Gasteiger partial charge in [-0.15, -0.1) is 0 Å². The van der Waals surface area contributed by atoms with E-state index in [2.05, 4.69) is 92.4 Å². The molecule has 2 bridgehead atoms. The standard InChI is InChI=1S/C33H66O6Si4/c1-30-19-16-20-31(2,29(34)35-3)27(30)26(37-41(7,8)9)28(38-42(10,11)12)32-21-24(17-18-25(30)32)33(22-32,39-43(13,14)15)23-36-40(4,5)6/h24-28H,16-23H2,1-15H3/t24-,25?,26+,27?,28+,30+,31-,32-,33+/m1/s1. The number of rotatable bonds is 10. The van der Waals surface area contributed by atoms with Gasteiger partial charge in [-0.05, 0) is 141 Å². The quantitative estimate of drug-likeness (QED) is 0.171. The molecule has 0 amide bonds. The molecule has 43 heavy (non-hydrogen) atoms. The number of carbonyl (C=O) groups is 1. The molecule has 4 aliphatic carbocycles. The number of hydrogen-bond donors (Lipinski definition) is 0. The van der Waals surface area contributed by atoms with E-state index >= 15 is 0 Å². The highest BCUT2D eigenvalue weighted by Gasteiger charge is 2.75. The fourth-order valence-corrected chi connectivity index (χ4v) is 14.8. The number of carbonyl (C=O) groups excluding carboxylic acids is 1. The Bertz CT molecular complexity index is 1040. The number of hydrogen-bond acceptors (Lipinski definition) is 6. The summed E-state index contributed by atoms with van der Waals surface area (Å²) < 4.78 is 34.7. The zero-order valence-electron chi connectivity index (χ0n) is 30.5. The molecule has 0 N–H and O–H groups in total. The molecule has 0 radical (unpaired) electrons. The molecule has 0 aromatic rings. The summed E-state index contributed by atoms with van der Waals surface area (Å²) in [4.78, 5) is 13.8. The van der Waals surface area contributed by atoms with Crippen molar-refractivity contribution < 1.29 is 27.2 Å². The normalized spacial score (nSPS) is 41.9. The van der Waals surface area contributed by atoms with Crippen molar-refractivity contribution >= 4 is 39.2 Å². The summed E-state index contributed by atoms with van der Waals surface area (Å²) in [6, 6.07) is 0. The molecule has 4 rings (SSSR count). The van der Waals surface area contributed by atoms with Crippen LogP contribution in [0, 0.1) is 34.0 Å². The molecule has 10 heteroatoms. The lowest BCUT2D eigenvalue weighted by atomic mass is 9.39. The van der Waals surface area contributed by atoms with E-state index < -0.39 is 38.7 Å². The summed E-state index contributed by atoms with van der Waals surface area (Å²) in [5, 5.41) is 0. The first kappa shape index (κ1) is 36.0. The molecule has 0 aromatic heterocycles. The lowest BCUT2D eigenvalue weighted by Crippen LogP contribution is -2.71. The van der Waals surface area contributed by atoms with Crippen molar-refractivity contribution in [2.24, 2.45) is 34.0 Å². The average molecular weight is 671 g/mol. The third-order valence-corrected chi connectivity index (χ3v) is 15.1. The number of methoxy groups -OCH3 is 1. The minimum atomic E-state index is -2.04. The van der Waals surface area contributed by atoms with Crippen LogP contribution in [0.4, 0.5) is 0 Å². The number of ether oxygens (including phenoxy) is 1. The maximum absolute atomic E-state index is 13.8. The van der Waals surface area contributed by atoms with E-state index in [9.17, 15) is 4.79 Å². The second-order valence-electron chi connectivity index (χ2n) is 19.2. The van der Waals surface area contributed by atoms with Gasteiger partial charge in [-0.1, -0.05) is 13.3 Å². The van der Waals surface area contributed by atoms with Gasteiger partial charge in [-0.2, -0.15) is 0 Å². The van der Waals surface area contributed by atoms with Gasteiger partial charge < -0.3 is 22.4 Å². The van der Waals surface area contributed by atoms with Gasteiger partial charge in [0, 0.05) is 11.3 Å². The Kier molecular flexibility index (Phi) is 9.56. The molecule has 4 fully saturated rings. The van der Waals surface area contributed by atoms with Crippen LogP contribution in [-0.4, -0.2) is 70.8 Å². The van der Waals surface area contributed by atoms with E-state index in [1.54, 1.807) is 7.11 Å². The fraction of sp³-hybridized carbons (Fsp3) is 0.970. The Morgan fingerprint density at radius 3 is 1.91 bits per heavy atom. The van der Waals surface area contributed by atoms with Gasteiger partial charge in [0.1, 0.15) is 0 Å². The molecule has 0 aromatic carbocycles. The molecule has 4 aliphatic rings. The predicted molar refractivity (Wildman–Crippen MR) is 186 cm³/mol. The van der Waals surface area contributed by atoms with Crippen LogP contribution >= 0.6 is 0 Å². The van der Waals surface area contributed by atoms with E-state index in [1.807, 2.05) is 0 Å². The van der Waals surface area contributed by atoms with Gasteiger partial charge in [0.05, 0.1) is 36.9 Å². The van der Waals surface area contributed by atoms with Crippen LogP contribution in [0.1, 0.15) is 58.8 Å². The topological polar surface area (TPSA) is 63.2 Å². The lowest BCUT2D eigenvalue weighted by molar-refractivity contribution is -0.247. The molecule has 2 unspecified atom stereocenters. The molecule has 0 heterocycles. The Morgan fingerprint density at radius 2 is 1.40 bits per heavy atom. The summed E-state index contributed by atoms with van der Waals surface area (Å²) in [5.74, 6) is 0.859. The molecule has 0 aliphatic heterocycles. The molecular weight excluding hydrogens is 605 g/mol. The van der Waals surface area contributed by atoms with Crippen LogP contribution < -0.4 is 0 Å². The van der Waals surface area contributed by atoms with Gasteiger partial charge in [0.25, 0.3) is 0 Å². The van der Waals surface area contributed by atoms with Crippen LogP contribution in [0.3, 0.4) is 0 Å². The molecular formula is C33H66O6Si4. The Hall–Kier alpha value is 0.178. The van der Waals surface area contributed by atoms with Crippen molar-refractivity contribution in [2.45, 2.75) is 155 Å². The lowest BCUT2D eigenvalue weighted by Gasteiger charge is -2.69. The third kappa shape index (κ3) is 6.92. The van der Waals surface area contributed by atoms with E-state index in [-0.39, 0.29) is 40.5 Å². The molecule has 9 atom stereocenters. The number of fused-ring (bicyclic) bond motifs is 3. The Labute approximate surface area is 268 Å². The Balaban J connectivity index is 1.97. The maximum Gasteiger partial charge on any atom is 0.311 e. The zero-order chi connectivity index (χ0) is 32.7. The largest absolute Gasteiger partial charge is 0.469 e. The molecule has 6 nitrogen and oxygen atoms in total. The van der Waals surface area contributed by atoms with Crippen molar-refractivity contribution in [1.29, 1.82) is 0 Å². The van der Waals surface area contributed by atoms with Crippen LogP contribution in [0.2, 0.25) is 78.6 Å². The first-order valence-corrected chi connectivity index (χ1v) is 30.7. The summed E-state index contributed by atoms with van der Waals surface area (Å²) in [7, 11) is -6.19. The summed E-state index contributed by atoms with van der Waals surface area (Å²) in [5.41, 5.74) is -1.02. The van der Waals surface area contributed by atoms with Crippen LogP contribution in [-0.2, 0) is 27.2 Å². The maximum atomic E-state index is 13.8. The van der Waals surface area contributed by atoms with Crippen molar-refractivity contribution in [3.05, 3.63) is 0 Å². The van der Waals surface area contributed by atoms with E-state index in [0.717, 1.165) is 44.9 Å². The second-order valence-corrected chi connectivity index (χ2v) is 37.1. The average Bonchev–Trinajstić information content (AvgIpc) is 3.03. The highest BCUT2D eigenvalue weighted by molar-refractivity contribution is 6.71. The zero-order valence-corrected chi connectivity index (χ0v) is 34.5. The van der Waals surface area contributed by atoms with Crippen molar-refractivity contribution in [3.63, 3.8) is 0 Å². The SMILES string of the molecule is COC(=O)[C@]1(C)CCC[C@@]2(C)C3CC[C@@H]4C[C@]3(C[C@@]4(CO[Si](C)(C)C)O[Si](C)(C)C)[C@@H](O[Si](C)(C)C)[C@@H](O[Si](C)(C)C)C21. The van der Waals surface area contributed by atoms with E-state index in [0.29, 0.717) is 18.4 Å². The minimum absolute atomic E-state index is 0.0487. The van der Waals surface area contributed by atoms with Gasteiger partial charge >= 0.3 is 5.97 Å². The van der Waals surface area contributed by atoms with Gasteiger partial charge in [-0.3, -0.25) is 4.79 Å². The van der Waals surface area contributed by atoms with Crippen molar-refractivity contribution in [3.8, 4) is 0 Å². The number of esters is 1. The first-order chi connectivity index (χ1) is 19.3. The summed E-state index contributed by atoms with van der Waals surface area (Å²) in [6.07, 6.45) is 7.19. The van der Waals surface area contributed by atoms with Gasteiger partial charge in [0.2, 0.25) is 0 Å². The van der Waals surface area contributed by atoms with Gasteiger partial charge in [0.15, 0.2) is 33.3 Å². The second kappa shape index (κ2) is 11.4. The van der Waals surface area contributed by atoms with E-state index in [1.165, 1.54) is 0 Å².